The first-order valence-corrected chi connectivity index (χ1v) is 9.91. The molecule has 30 heavy (non-hydrogen) atoms. The number of rotatable bonds is 7. The lowest BCUT2D eigenvalue weighted by atomic mass is 9.77. The number of hydrogen-bond donors (Lipinski definition) is 0. The third kappa shape index (κ3) is 3.48. The van der Waals surface area contributed by atoms with Crippen LogP contribution in [-0.2, 0) is 10.3 Å². The standard InChI is InChI=1S/C24H22N4O2/c1-2-18-30-23(29)22-25-27-28(26-22)24(19-12-6-3-7-13-19,20-14-8-4-9-15-20)21-16-10-5-11-17-21/h3-17H,2,18H2,1H3. The fourth-order valence-corrected chi connectivity index (χ4v) is 3.58. The minimum atomic E-state index is -0.903. The molecule has 0 fully saturated rings. The predicted octanol–water partition coefficient (Wildman–Crippen LogP) is 4.08. The minimum Gasteiger partial charge on any atom is -0.460 e. The number of carbonyl (C=O) groups excluding carboxylic acids is 1. The molecule has 6 heteroatoms. The summed E-state index contributed by atoms with van der Waals surface area (Å²) < 4.78 is 5.20. The van der Waals surface area contributed by atoms with Gasteiger partial charge in [0, 0.05) is 0 Å². The van der Waals surface area contributed by atoms with Gasteiger partial charge in [0.05, 0.1) is 6.61 Å². The highest BCUT2D eigenvalue weighted by atomic mass is 16.5. The summed E-state index contributed by atoms with van der Waals surface area (Å²) in [4.78, 5) is 13.9. The first-order valence-electron chi connectivity index (χ1n) is 9.91. The maximum absolute atomic E-state index is 12.4. The van der Waals surface area contributed by atoms with E-state index in [9.17, 15) is 4.79 Å². The van der Waals surface area contributed by atoms with E-state index in [0.29, 0.717) is 6.61 Å². The van der Waals surface area contributed by atoms with Crippen LogP contribution in [0.25, 0.3) is 0 Å². The van der Waals surface area contributed by atoms with Crippen molar-refractivity contribution in [2.75, 3.05) is 6.61 Å². The lowest BCUT2D eigenvalue weighted by Crippen LogP contribution is -2.39. The lowest BCUT2D eigenvalue weighted by molar-refractivity contribution is 0.0490. The Morgan fingerprint density at radius 3 is 1.73 bits per heavy atom. The zero-order valence-corrected chi connectivity index (χ0v) is 16.7. The molecule has 4 aromatic rings. The van der Waals surface area contributed by atoms with E-state index in [4.69, 9.17) is 4.74 Å². The van der Waals surface area contributed by atoms with Crippen molar-refractivity contribution in [3.05, 3.63) is 114 Å². The van der Waals surface area contributed by atoms with Crippen LogP contribution >= 0.6 is 0 Å². The van der Waals surface area contributed by atoms with E-state index in [1.54, 1.807) is 0 Å². The Hall–Kier alpha value is -3.80. The number of carbonyl (C=O) groups is 1. The average molecular weight is 398 g/mol. The number of hydrogen-bond acceptors (Lipinski definition) is 5. The molecular formula is C24H22N4O2. The van der Waals surface area contributed by atoms with Gasteiger partial charge in [-0.25, -0.2) is 4.79 Å². The van der Waals surface area contributed by atoms with E-state index in [0.717, 1.165) is 23.1 Å². The first kappa shape index (κ1) is 19.5. The molecule has 0 unspecified atom stereocenters. The number of esters is 1. The second kappa shape index (κ2) is 8.69. The molecule has 0 bridgehead atoms. The number of aromatic nitrogens is 4. The summed E-state index contributed by atoms with van der Waals surface area (Å²) in [5.74, 6) is -0.637. The number of tetrazole rings is 1. The molecule has 0 spiro atoms. The Morgan fingerprint density at radius 2 is 1.30 bits per heavy atom. The highest BCUT2D eigenvalue weighted by Crippen LogP contribution is 2.39. The van der Waals surface area contributed by atoms with Gasteiger partial charge in [-0.3, -0.25) is 0 Å². The molecule has 1 aromatic heterocycles. The molecule has 0 saturated carbocycles. The summed E-state index contributed by atoms with van der Waals surface area (Å²) in [7, 11) is 0. The number of ether oxygens (including phenoxy) is 1. The normalized spacial score (nSPS) is 11.2. The highest BCUT2D eigenvalue weighted by molar-refractivity contribution is 5.84. The maximum Gasteiger partial charge on any atom is 0.380 e. The third-order valence-electron chi connectivity index (χ3n) is 4.91. The zero-order valence-electron chi connectivity index (χ0n) is 16.7. The first-order chi connectivity index (χ1) is 14.8. The summed E-state index contributed by atoms with van der Waals surface area (Å²) in [6.07, 6.45) is 0.724. The quantitative estimate of drug-likeness (QED) is 0.347. The van der Waals surface area contributed by atoms with Crippen LogP contribution < -0.4 is 0 Å². The Morgan fingerprint density at radius 1 is 0.833 bits per heavy atom. The molecule has 3 aromatic carbocycles. The van der Waals surface area contributed by atoms with Gasteiger partial charge in [0.25, 0.3) is 5.82 Å². The van der Waals surface area contributed by atoms with Gasteiger partial charge in [0.15, 0.2) is 5.54 Å². The van der Waals surface area contributed by atoms with Crippen molar-refractivity contribution in [1.29, 1.82) is 0 Å². The summed E-state index contributed by atoms with van der Waals surface area (Å²) in [5.41, 5.74) is 1.95. The van der Waals surface area contributed by atoms with E-state index in [1.807, 2.05) is 97.9 Å². The van der Waals surface area contributed by atoms with Crippen molar-refractivity contribution in [1.82, 2.24) is 20.2 Å². The molecule has 0 radical (unpaired) electrons. The molecular weight excluding hydrogens is 376 g/mol. The van der Waals surface area contributed by atoms with E-state index in [-0.39, 0.29) is 5.82 Å². The Balaban J connectivity index is 1.97. The van der Waals surface area contributed by atoms with E-state index in [2.05, 4.69) is 15.4 Å². The molecule has 0 saturated heterocycles. The second-order valence-electron chi connectivity index (χ2n) is 6.85. The average Bonchev–Trinajstić information content (AvgIpc) is 3.31. The van der Waals surface area contributed by atoms with Crippen molar-refractivity contribution < 1.29 is 9.53 Å². The Labute approximate surface area is 175 Å². The van der Waals surface area contributed by atoms with Crippen molar-refractivity contribution in [2.45, 2.75) is 18.9 Å². The van der Waals surface area contributed by atoms with Gasteiger partial charge in [-0.2, -0.15) is 0 Å². The lowest BCUT2D eigenvalue weighted by Gasteiger charge is -2.34. The topological polar surface area (TPSA) is 69.9 Å². The minimum absolute atomic E-state index is 0.0596. The molecule has 0 amide bonds. The van der Waals surface area contributed by atoms with Crippen LogP contribution in [0.1, 0.15) is 40.7 Å². The van der Waals surface area contributed by atoms with Gasteiger partial charge in [0.1, 0.15) is 0 Å². The summed E-state index contributed by atoms with van der Waals surface area (Å²) in [6, 6.07) is 29.9. The van der Waals surface area contributed by atoms with Crippen LogP contribution in [0.4, 0.5) is 0 Å². The van der Waals surface area contributed by atoms with Crippen LogP contribution in [0.15, 0.2) is 91.0 Å². The van der Waals surface area contributed by atoms with Crippen LogP contribution in [0.5, 0.6) is 0 Å². The largest absolute Gasteiger partial charge is 0.460 e. The molecule has 4 rings (SSSR count). The van der Waals surface area contributed by atoms with Crippen LogP contribution in [0.2, 0.25) is 0 Å². The molecule has 0 atom stereocenters. The van der Waals surface area contributed by atoms with Crippen molar-refractivity contribution >= 4 is 5.97 Å². The molecule has 0 aliphatic rings. The van der Waals surface area contributed by atoms with Crippen LogP contribution in [0, 0.1) is 0 Å². The summed E-state index contributed by atoms with van der Waals surface area (Å²) in [5, 5.41) is 12.8. The molecule has 0 N–H and O–H groups in total. The summed E-state index contributed by atoms with van der Waals surface area (Å²) in [6.45, 7) is 2.25. The Kier molecular flexibility index (Phi) is 5.66. The van der Waals surface area contributed by atoms with Crippen molar-refractivity contribution in [3.63, 3.8) is 0 Å². The summed E-state index contributed by atoms with van der Waals surface area (Å²) >= 11 is 0. The predicted molar refractivity (Wildman–Crippen MR) is 113 cm³/mol. The van der Waals surface area contributed by atoms with Gasteiger partial charge < -0.3 is 4.74 Å². The molecule has 0 aliphatic carbocycles. The van der Waals surface area contributed by atoms with Gasteiger partial charge in [-0.1, -0.05) is 97.9 Å². The van der Waals surface area contributed by atoms with Crippen molar-refractivity contribution in [3.8, 4) is 0 Å². The third-order valence-corrected chi connectivity index (χ3v) is 4.91. The molecule has 0 aliphatic heterocycles. The molecule has 150 valence electrons. The van der Waals surface area contributed by atoms with E-state index >= 15 is 0 Å². The van der Waals surface area contributed by atoms with Crippen molar-refractivity contribution in [2.24, 2.45) is 0 Å². The van der Waals surface area contributed by atoms with Crippen LogP contribution in [-0.4, -0.2) is 32.8 Å². The number of benzene rings is 3. The molecule has 6 nitrogen and oxygen atoms in total. The fraction of sp³-hybridized carbons (Fsp3) is 0.167. The molecule has 1 heterocycles. The SMILES string of the molecule is CCCOC(=O)c1nnn(C(c2ccccc2)(c2ccccc2)c2ccccc2)n1. The zero-order chi connectivity index (χ0) is 20.8. The van der Waals surface area contributed by atoms with Gasteiger partial charge >= 0.3 is 5.97 Å². The van der Waals surface area contributed by atoms with Gasteiger partial charge in [-0.05, 0) is 28.3 Å². The number of nitrogens with zero attached hydrogens (tertiary/aromatic N) is 4. The van der Waals surface area contributed by atoms with E-state index < -0.39 is 11.5 Å². The van der Waals surface area contributed by atoms with Crippen LogP contribution in [0.3, 0.4) is 0 Å². The Bertz CT molecular complexity index is 999. The van der Waals surface area contributed by atoms with Gasteiger partial charge in [-0.15, -0.1) is 15.0 Å². The van der Waals surface area contributed by atoms with Gasteiger partial charge in [0.2, 0.25) is 0 Å². The second-order valence-corrected chi connectivity index (χ2v) is 6.85. The maximum atomic E-state index is 12.4. The highest BCUT2D eigenvalue weighted by Gasteiger charge is 2.41. The smallest absolute Gasteiger partial charge is 0.380 e. The fourth-order valence-electron chi connectivity index (χ4n) is 3.58. The monoisotopic (exact) mass is 398 g/mol. The van der Waals surface area contributed by atoms with E-state index in [1.165, 1.54) is 4.80 Å².